The van der Waals surface area contributed by atoms with Gasteiger partial charge < -0.3 is 10.6 Å². The molecule has 0 aliphatic heterocycles. The van der Waals surface area contributed by atoms with Gasteiger partial charge in [0, 0.05) is 24.6 Å². The highest BCUT2D eigenvalue weighted by Crippen LogP contribution is 2.10. The number of anilines is 1. The molecule has 0 radical (unpaired) electrons. The van der Waals surface area contributed by atoms with E-state index in [2.05, 4.69) is 15.7 Å². The van der Waals surface area contributed by atoms with Crippen LogP contribution in [0.5, 0.6) is 0 Å². The normalized spacial score (nSPS) is 10.5. The maximum absolute atomic E-state index is 12.8. The van der Waals surface area contributed by atoms with Crippen LogP contribution in [-0.2, 0) is 16.0 Å². The van der Waals surface area contributed by atoms with Crippen molar-refractivity contribution in [3.05, 3.63) is 78.4 Å². The van der Waals surface area contributed by atoms with E-state index in [1.54, 1.807) is 10.9 Å². The van der Waals surface area contributed by atoms with E-state index in [0.29, 0.717) is 12.2 Å². The van der Waals surface area contributed by atoms with E-state index in [1.165, 1.54) is 36.0 Å². The summed E-state index contributed by atoms with van der Waals surface area (Å²) in [6.45, 7) is 0.530. The highest BCUT2D eigenvalue weighted by atomic mass is 32.2. The summed E-state index contributed by atoms with van der Waals surface area (Å²) >= 11 is 1.23. The molecule has 2 N–H and O–H groups in total. The molecule has 6 nitrogen and oxygen atoms in total. The second-order valence-corrected chi connectivity index (χ2v) is 7.25. The summed E-state index contributed by atoms with van der Waals surface area (Å²) in [6, 6.07) is 15.4. The number of nitrogens with one attached hydrogen (secondary N) is 2. The molecule has 0 aliphatic rings. The Bertz CT molecular complexity index is 928. The summed E-state index contributed by atoms with van der Waals surface area (Å²) < 4.78 is 14.6. The standard InChI is InChI=1S/C21H21FN4O2S/c22-17-4-6-18(7-5-17)25-21(28)15-29-14-20(27)23-12-10-16-2-8-19(9-3-16)26-13-1-11-24-26/h1-9,11,13H,10,12,14-15H2,(H,23,27)(H,25,28). The SMILES string of the molecule is O=C(CSCC(=O)Nc1ccc(F)cc1)NCCc1ccc(-n2cccn2)cc1. The fraction of sp³-hybridized carbons (Fsp3) is 0.190. The van der Waals surface area contributed by atoms with Gasteiger partial charge in [-0.3, -0.25) is 9.59 Å². The molecule has 0 fully saturated rings. The summed E-state index contributed by atoms with van der Waals surface area (Å²) in [7, 11) is 0. The van der Waals surface area contributed by atoms with Crippen molar-refractivity contribution < 1.29 is 14.0 Å². The van der Waals surface area contributed by atoms with Crippen LogP contribution in [0.4, 0.5) is 10.1 Å². The van der Waals surface area contributed by atoms with Crippen LogP contribution < -0.4 is 10.6 Å². The van der Waals surface area contributed by atoms with Crippen LogP contribution in [-0.4, -0.2) is 39.6 Å². The molecule has 3 aromatic rings. The van der Waals surface area contributed by atoms with E-state index in [-0.39, 0.29) is 29.1 Å². The molecule has 8 heteroatoms. The van der Waals surface area contributed by atoms with Crippen LogP contribution >= 0.6 is 11.8 Å². The second kappa shape index (κ2) is 10.4. The number of aromatic nitrogens is 2. The van der Waals surface area contributed by atoms with Crippen LogP contribution in [0, 0.1) is 5.82 Å². The lowest BCUT2D eigenvalue weighted by molar-refractivity contribution is -0.118. The van der Waals surface area contributed by atoms with Gasteiger partial charge in [0.15, 0.2) is 0 Å². The third kappa shape index (κ3) is 6.76. The lowest BCUT2D eigenvalue weighted by Crippen LogP contribution is -2.28. The van der Waals surface area contributed by atoms with Gasteiger partial charge in [0.2, 0.25) is 11.8 Å². The Hall–Kier alpha value is -3.13. The van der Waals surface area contributed by atoms with Gasteiger partial charge in [-0.1, -0.05) is 12.1 Å². The first-order valence-electron chi connectivity index (χ1n) is 9.09. The van der Waals surface area contributed by atoms with Gasteiger partial charge in [-0.05, 0) is 54.4 Å². The van der Waals surface area contributed by atoms with Crippen molar-refractivity contribution in [2.45, 2.75) is 6.42 Å². The van der Waals surface area contributed by atoms with E-state index >= 15 is 0 Å². The number of rotatable bonds is 9. The van der Waals surface area contributed by atoms with Crippen LogP contribution in [0.2, 0.25) is 0 Å². The van der Waals surface area contributed by atoms with Gasteiger partial charge in [-0.15, -0.1) is 11.8 Å². The fourth-order valence-corrected chi connectivity index (χ4v) is 3.25. The van der Waals surface area contributed by atoms with Crippen molar-refractivity contribution in [1.29, 1.82) is 0 Å². The molecular weight excluding hydrogens is 391 g/mol. The van der Waals surface area contributed by atoms with Gasteiger partial charge in [0.05, 0.1) is 17.2 Å². The molecule has 0 aliphatic carbocycles. The molecule has 0 saturated heterocycles. The van der Waals surface area contributed by atoms with E-state index in [4.69, 9.17) is 0 Å². The summed E-state index contributed by atoms with van der Waals surface area (Å²) in [5.41, 5.74) is 2.63. The van der Waals surface area contributed by atoms with Crippen molar-refractivity contribution in [2.75, 3.05) is 23.4 Å². The van der Waals surface area contributed by atoms with Gasteiger partial charge in [-0.2, -0.15) is 5.10 Å². The van der Waals surface area contributed by atoms with E-state index in [0.717, 1.165) is 17.7 Å². The maximum Gasteiger partial charge on any atom is 0.234 e. The first-order chi connectivity index (χ1) is 14.1. The summed E-state index contributed by atoms with van der Waals surface area (Å²) in [5, 5.41) is 9.69. The van der Waals surface area contributed by atoms with Crippen LogP contribution in [0.15, 0.2) is 67.0 Å². The molecule has 29 heavy (non-hydrogen) atoms. The number of benzene rings is 2. The molecule has 1 heterocycles. The number of hydrogen-bond acceptors (Lipinski definition) is 4. The van der Waals surface area contributed by atoms with Crippen molar-refractivity contribution >= 4 is 29.3 Å². The summed E-state index contributed by atoms with van der Waals surface area (Å²) in [6.07, 6.45) is 4.33. The van der Waals surface area contributed by atoms with Crippen molar-refractivity contribution in [2.24, 2.45) is 0 Å². The quantitative estimate of drug-likeness (QED) is 0.566. The molecule has 0 saturated carbocycles. The smallest absolute Gasteiger partial charge is 0.234 e. The van der Waals surface area contributed by atoms with Crippen LogP contribution in [0.1, 0.15) is 5.56 Å². The minimum atomic E-state index is -0.358. The molecule has 0 atom stereocenters. The number of hydrogen-bond donors (Lipinski definition) is 2. The Morgan fingerprint density at radius 3 is 2.41 bits per heavy atom. The van der Waals surface area contributed by atoms with E-state index < -0.39 is 0 Å². The minimum Gasteiger partial charge on any atom is -0.355 e. The Labute approximate surface area is 172 Å². The van der Waals surface area contributed by atoms with Crippen LogP contribution in [0.25, 0.3) is 5.69 Å². The average Bonchev–Trinajstić information content (AvgIpc) is 3.25. The zero-order valence-electron chi connectivity index (χ0n) is 15.7. The van der Waals surface area contributed by atoms with Gasteiger partial charge in [0.25, 0.3) is 0 Å². The fourth-order valence-electron chi connectivity index (χ4n) is 2.60. The highest BCUT2D eigenvalue weighted by Gasteiger charge is 2.06. The summed E-state index contributed by atoms with van der Waals surface area (Å²) in [4.78, 5) is 23.7. The molecule has 0 unspecified atom stereocenters. The number of amides is 2. The predicted octanol–water partition coefficient (Wildman–Crippen LogP) is 3.04. The van der Waals surface area contributed by atoms with Gasteiger partial charge >= 0.3 is 0 Å². The minimum absolute atomic E-state index is 0.113. The number of thioether (sulfide) groups is 1. The lowest BCUT2D eigenvalue weighted by Gasteiger charge is -2.07. The number of halogens is 1. The maximum atomic E-state index is 12.8. The van der Waals surface area contributed by atoms with Crippen LogP contribution in [0.3, 0.4) is 0 Å². The monoisotopic (exact) mass is 412 g/mol. The van der Waals surface area contributed by atoms with Gasteiger partial charge in [-0.25, -0.2) is 9.07 Å². The Balaban J connectivity index is 1.30. The molecular formula is C21H21FN4O2S. The van der Waals surface area contributed by atoms with Gasteiger partial charge in [0.1, 0.15) is 5.82 Å². The zero-order chi connectivity index (χ0) is 20.5. The first kappa shape index (κ1) is 20.6. The number of carbonyl (C=O) groups excluding carboxylic acids is 2. The molecule has 0 spiro atoms. The van der Waals surface area contributed by atoms with Crippen molar-refractivity contribution in [1.82, 2.24) is 15.1 Å². The first-order valence-corrected chi connectivity index (χ1v) is 10.2. The molecule has 3 rings (SSSR count). The topological polar surface area (TPSA) is 76.0 Å². The molecule has 2 aromatic carbocycles. The average molecular weight is 412 g/mol. The van der Waals surface area contributed by atoms with E-state index in [9.17, 15) is 14.0 Å². The van der Waals surface area contributed by atoms with Crippen molar-refractivity contribution in [3.8, 4) is 5.69 Å². The zero-order valence-corrected chi connectivity index (χ0v) is 16.5. The molecule has 1 aromatic heterocycles. The highest BCUT2D eigenvalue weighted by molar-refractivity contribution is 8.00. The Kier molecular flexibility index (Phi) is 7.40. The Morgan fingerprint density at radius 1 is 1.00 bits per heavy atom. The lowest BCUT2D eigenvalue weighted by atomic mass is 10.1. The summed E-state index contributed by atoms with van der Waals surface area (Å²) in [5.74, 6) is -0.346. The third-order valence-electron chi connectivity index (χ3n) is 4.04. The van der Waals surface area contributed by atoms with Crippen molar-refractivity contribution in [3.63, 3.8) is 0 Å². The number of nitrogens with zero attached hydrogens (tertiary/aromatic N) is 2. The largest absolute Gasteiger partial charge is 0.355 e. The number of carbonyl (C=O) groups is 2. The second-order valence-electron chi connectivity index (χ2n) is 6.26. The molecule has 0 bridgehead atoms. The predicted molar refractivity (Wildman–Crippen MR) is 113 cm³/mol. The van der Waals surface area contributed by atoms with E-state index in [1.807, 2.05) is 36.5 Å². The molecule has 150 valence electrons. The Morgan fingerprint density at radius 2 is 1.72 bits per heavy atom. The third-order valence-corrected chi connectivity index (χ3v) is 4.97. The molecule has 2 amide bonds.